The minimum absolute atomic E-state index is 0.0865. The van der Waals surface area contributed by atoms with E-state index >= 15 is 0 Å². The highest BCUT2D eigenvalue weighted by Gasteiger charge is 2.23. The molecule has 4 heteroatoms. The number of rotatable bonds is 4. The Morgan fingerprint density at radius 2 is 2.20 bits per heavy atom. The first-order chi connectivity index (χ1) is 9.79. The van der Waals surface area contributed by atoms with Crippen molar-refractivity contribution >= 4 is 12.0 Å². The Labute approximate surface area is 119 Å². The zero-order valence-electron chi connectivity index (χ0n) is 11.7. The van der Waals surface area contributed by atoms with Crippen LogP contribution in [0.2, 0.25) is 0 Å². The van der Waals surface area contributed by atoms with Gasteiger partial charge in [0.1, 0.15) is 0 Å². The van der Waals surface area contributed by atoms with E-state index in [0.717, 1.165) is 31.4 Å². The molecule has 0 radical (unpaired) electrons. The maximum Gasteiger partial charge on any atom is 0.244 e. The van der Waals surface area contributed by atoms with Crippen LogP contribution in [0.25, 0.3) is 6.08 Å². The van der Waals surface area contributed by atoms with Gasteiger partial charge in [-0.3, -0.25) is 9.78 Å². The van der Waals surface area contributed by atoms with Crippen LogP contribution in [0.15, 0.2) is 30.5 Å². The van der Waals surface area contributed by atoms with Crippen molar-refractivity contribution in [3.63, 3.8) is 0 Å². The van der Waals surface area contributed by atoms with Crippen LogP contribution in [-0.2, 0) is 4.79 Å². The van der Waals surface area contributed by atoms with Gasteiger partial charge in [-0.15, -0.1) is 0 Å². The molecule has 0 aromatic carbocycles. The second kappa shape index (κ2) is 7.80. The summed E-state index contributed by atoms with van der Waals surface area (Å²) in [5, 5.41) is 12.4. The molecule has 1 heterocycles. The minimum atomic E-state index is -0.110. The van der Waals surface area contributed by atoms with Gasteiger partial charge in [-0.1, -0.05) is 25.3 Å². The Kier molecular flexibility index (Phi) is 5.74. The van der Waals surface area contributed by atoms with Gasteiger partial charge < -0.3 is 10.4 Å². The first-order valence-corrected chi connectivity index (χ1v) is 7.30. The number of nitrogens with one attached hydrogen (secondary N) is 1. The lowest BCUT2D eigenvalue weighted by atomic mass is 9.95. The third-order valence-corrected chi connectivity index (χ3v) is 3.81. The Morgan fingerprint density at radius 1 is 1.35 bits per heavy atom. The van der Waals surface area contributed by atoms with E-state index in [1.165, 1.54) is 12.5 Å². The van der Waals surface area contributed by atoms with Gasteiger partial charge in [-0.25, -0.2) is 0 Å². The first-order valence-electron chi connectivity index (χ1n) is 7.30. The Bertz CT molecular complexity index is 445. The van der Waals surface area contributed by atoms with E-state index in [0.29, 0.717) is 0 Å². The van der Waals surface area contributed by atoms with Gasteiger partial charge in [-0.05, 0) is 31.1 Å². The van der Waals surface area contributed by atoms with Gasteiger partial charge in [0.2, 0.25) is 5.91 Å². The molecule has 4 nitrogen and oxygen atoms in total. The molecular formula is C16H22N2O2. The van der Waals surface area contributed by atoms with Crippen molar-refractivity contribution in [2.75, 3.05) is 6.61 Å². The van der Waals surface area contributed by atoms with E-state index in [1.807, 2.05) is 18.2 Å². The molecule has 2 N–H and O–H groups in total. The Balaban J connectivity index is 1.91. The van der Waals surface area contributed by atoms with Crippen LogP contribution in [0.4, 0.5) is 0 Å². The minimum Gasteiger partial charge on any atom is -0.396 e. The molecule has 1 amide bonds. The van der Waals surface area contributed by atoms with E-state index in [1.54, 1.807) is 12.3 Å². The molecule has 1 fully saturated rings. The summed E-state index contributed by atoms with van der Waals surface area (Å²) in [6.45, 7) is 0.148. The third-order valence-electron chi connectivity index (χ3n) is 3.81. The zero-order chi connectivity index (χ0) is 14.2. The van der Waals surface area contributed by atoms with Crippen molar-refractivity contribution in [2.45, 2.75) is 38.1 Å². The summed E-state index contributed by atoms with van der Waals surface area (Å²) in [4.78, 5) is 16.1. The van der Waals surface area contributed by atoms with Crippen molar-refractivity contribution in [2.24, 2.45) is 5.92 Å². The van der Waals surface area contributed by atoms with Crippen LogP contribution < -0.4 is 5.32 Å². The largest absolute Gasteiger partial charge is 0.396 e. The van der Waals surface area contributed by atoms with Gasteiger partial charge in [-0.2, -0.15) is 0 Å². The van der Waals surface area contributed by atoms with Gasteiger partial charge in [0.05, 0.1) is 5.69 Å². The van der Waals surface area contributed by atoms with Crippen molar-refractivity contribution < 1.29 is 9.90 Å². The summed E-state index contributed by atoms with van der Waals surface area (Å²) in [5.41, 5.74) is 0.766. The maximum atomic E-state index is 12.0. The molecule has 1 aromatic rings. The van der Waals surface area contributed by atoms with Crippen molar-refractivity contribution in [1.82, 2.24) is 10.3 Å². The van der Waals surface area contributed by atoms with Gasteiger partial charge in [0.15, 0.2) is 0 Å². The average molecular weight is 274 g/mol. The number of hydrogen-bond donors (Lipinski definition) is 2. The molecule has 0 aliphatic heterocycles. The molecule has 2 unspecified atom stereocenters. The molecule has 1 aliphatic rings. The monoisotopic (exact) mass is 274 g/mol. The van der Waals surface area contributed by atoms with Crippen LogP contribution in [0.1, 0.15) is 37.8 Å². The molecule has 0 saturated heterocycles. The molecule has 20 heavy (non-hydrogen) atoms. The number of nitrogens with zero attached hydrogens (tertiary/aromatic N) is 1. The van der Waals surface area contributed by atoms with Gasteiger partial charge in [0.25, 0.3) is 0 Å². The maximum absolute atomic E-state index is 12.0. The van der Waals surface area contributed by atoms with Crippen LogP contribution in [0, 0.1) is 5.92 Å². The van der Waals surface area contributed by atoms with E-state index in [9.17, 15) is 9.90 Å². The number of pyridine rings is 1. The average Bonchev–Trinajstić information content (AvgIpc) is 2.71. The molecule has 1 aromatic heterocycles. The second-order valence-electron chi connectivity index (χ2n) is 5.28. The summed E-state index contributed by atoms with van der Waals surface area (Å²) in [5.74, 6) is 0.0747. The van der Waals surface area contributed by atoms with Crippen LogP contribution in [-0.4, -0.2) is 28.6 Å². The summed E-state index contributed by atoms with van der Waals surface area (Å²) in [6.07, 6.45) is 10.3. The molecule has 2 rings (SSSR count). The summed E-state index contributed by atoms with van der Waals surface area (Å²) < 4.78 is 0. The molecule has 1 aliphatic carbocycles. The lowest BCUT2D eigenvalue weighted by Crippen LogP contribution is -2.40. The molecular weight excluding hydrogens is 252 g/mol. The zero-order valence-corrected chi connectivity index (χ0v) is 11.7. The fraction of sp³-hybridized carbons (Fsp3) is 0.500. The van der Waals surface area contributed by atoms with Gasteiger partial charge >= 0.3 is 0 Å². The standard InChI is InChI=1S/C16H22N2O2/c19-12-13-6-2-1-3-8-15(13)18-16(20)10-9-14-7-4-5-11-17-14/h4-5,7,9-11,13,15,19H,1-3,6,8,12H2,(H,18,20)/b10-9+. The Hall–Kier alpha value is -1.68. The summed E-state index contributed by atoms with van der Waals surface area (Å²) >= 11 is 0. The normalized spacial score (nSPS) is 23.4. The quantitative estimate of drug-likeness (QED) is 0.653. The first kappa shape index (κ1) is 14.7. The lowest BCUT2D eigenvalue weighted by molar-refractivity contribution is -0.117. The molecule has 1 saturated carbocycles. The fourth-order valence-electron chi connectivity index (χ4n) is 2.66. The highest BCUT2D eigenvalue weighted by atomic mass is 16.3. The third kappa shape index (κ3) is 4.46. The fourth-order valence-corrected chi connectivity index (χ4v) is 2.66. The number of amides is 1. The predicted molar refractivity (Wildman–Crippen MR) is 78.9 cm³/mol. The number of hydrogen-bond acceptors (Lipinski definition) is 3. The molecule has 2 atom stereocenters. The van der Waals surface area contributed by atoms with E-state index in [-0.39, 0.29) is 24.5 Å². The Morgan fingerprint density at radius 3 is 2.95 bits per heavy atom. The lowest BCUT2D eigenvalue weighted by Gasteiger charge is -2.23. The second-order valence-corrected chi connectivity index (χ2v) is 5.28. The van der Waals surface area contributed by atoms with E-state index in [4.69, 9.17) is 0 Å². The molecule has 108 valence electrons. The number of aliphatic hydroxyl groups is 1. The SMILES string of the molecule is O=C(/C=C/c1ccccn1)NC1CCCCCC1CO. The summed E-state index contributed by atoms with van der Waals surface area (Å²) in [6, 6.07) is 5.67. The van der Waals surface area contributed by atoms with Crippen LogP contribution >= 0.6 is 0 Å². The smallest absolute Gasteiger partial charge is 0.244 e. The predicted octanol–water partition coefficient (Wildman–Crippen LogP) is 2.15. The summed E-state index contributed by atoms with van der Waals surface area (Å²) in [7, 11) is 0. The van der Waals surface area contributed by atoms with Crippen molar-refractivity contribution in [1.29, 1.82) is 0 Å². The van der Waals surface area contributed by atoms with E-state index < -0.39 is 0 Å². The number of carbonyl (C=O) groups excluding carboxylic acids is 1. The number of aromatic nitrogens is 1. The van der Waals surface area contributed by atoms with Crippen LogP contribution in [0.3, 0.4) is 0 Å². The van der Waals surface area contributed by atoms with E-state index in [2.05, 4.69) is 10.3 Å². The van der Waals surface area contributed by atoms with Gasteiger partial charge in [0, 0.05) is 30.8 Å². The van der Waals surface area contributed by atoms with Crippen molar-refractivity contribution in [3.8, 4) is 0 Å². The molecule has 0 bridgehead atoms. The number of aliphatic hydroxyl groups excluding tert-OH is 1. The highest BCUT2D eigenvalue weighted by molar-refractivity contribution is 5.91. The van der Waals surface area contributed by atoms with Crippen LogP contribution in [0.5, 0.6) is 0 Å². The number of carbonyl (C=O) groups is 1. The molecule has 0 spiro atoms. The topological polar surface area (TPSA) is 62.2 Å². The van der Waals surface area contributed by atoms with Crippen molar-refractivity contribution in [3.05, 3.63) is 36.2 Å². The highest BCUT2D eigenvalue weighted by Crippen LogP contribution is 2.23.